The van der Waals surface area contributed by atoms with E-state index in [0.717, 1.165) is 0 Å². The van der Waals surface area contributed by atoms with Crippen molar-refractivity contribution in [2.45, 2.75) is 26.4 Å². The van der Waals surface area contributed by atoms with Crippen molar-refractivity contribution in [3.05, 3.63) is 29.3 Å². The molecular formula is C13H14F2O5. The molecule has 1 aromatic carbocycles. The van der Waals surface area contributed by atoms with E-state index >= 15 is 0 Å². The number of halogens is 2. The summed E-state index contributed by atoms with van der Waals surface area (Å²) >= 11 is 0. The summed E-state index contributed by atoms with van der Waals surface area (Å²) in [7, 11) is 0. The van der Waals surface area contributed by atoms with Crippen molar-refractivity contribution in [1.82, 2.24) is 0 Å². The molecule has 0 aliphatic rings. The van der Waals surface area contributed by atoms with Crippen molar-refractivity contribution in [2.24, 2.45) is 0 Å². The molecule has 0 spiro atoms. The number of carboxylic acids is 1. The SMILES string of the molecule is CCOC(=O)c1ccc(CCC(=O)O)cc1OC(F)F. The molecule has 7 heteroatoms. The fraction of sp³-hybridized carbons (Fsp3) is 0.385. The van der Waals surface area contributed by atoms with Crippen molar-refractivity contribution in [2.75, 3.05) is 6.61 Å². The lowest BCUT2D eigenvalue weighted by Gasteiger charge is -2.11. The number of aliphatic carboxylic acids is 1. The van der Waals surface area contributed by atoms with Crippen molar-refractivity contribution >= 4 is 11.9 Å². The Balaban J connectivity index is 2.99. The molecule has 0 amide bonds. The summed E-state index contributed by atoms with van der Waals surface area (Å²) in [6.45, 7) is -1.39. The molecule has 0 radical (unpaired) electrons. The van der Waals surface area contributed by atoms with Crippen LogP contribution in [0.5, 0.6) is 5.75 Å². The van der Waals surface area contributed by atoms with Gasteiger partial charge in [0.15, 0.2) is 0 Å². The molecule has 0 atom stereocenters. The lowest BCUT2D eigenvalue weighted by molar-refractivity contribution is -0.136. The van der Waals surface area contributed by atoms with Crippen LogP contribution in [0.3, 0.4) is 0 Å². The van der Waals surface area contributed by atoms with Crippen molar-refractivity contribution in [1.29, 1.82) is 0 Å². The topological polar surface area (TPSA) is 72.8 Å². The molecule has 110 valence electrons. The van der Waals surface area contributed by atoms with Gasteiger partial charge in [0.1, 0.15) is 11.3 Å². The Bertz CT molecular complexity index is 488. The summed E-state index contributed by atoms with van der Waals surface area (Å²) in [5, 5.41) is 8.58. The summed E-state index contributed by atoms with van der Waals surface area (Å²) in [5.74, 6) is -2.09. The van der Waals surface area contributed by atoms with Crippen LogP contribution in [-0.4, -0.2) is 30.3 Å². The second-order valence-electron chi connectivity index (χ2n) is 3.82. The number of carboxylic acid groups (broad SMARTS) is 1. The highest BCUT2D eigenvalue weighted by Crippen LogP contribution is 2.24. The molecule has 0 saturated heterocycles. The predicted octanol–water partition coefficient (Wildman–Crippen LogP) is 2.48. The van der Waals surface area contributed by atoms with Crippen molar-refractivity contribution in [3.63, 3.8) is 0 Å². The van der Waals surface area contributed by atoms with E-state index in [1.54, 1.807) is 6.92 Å². The largest absolute Gasteiger partial charge is 0.481 e. The van der Waals surface area contributed by atoms with Crippen LogP contribution in [0, 0.1) is 0 Å². The molecular weight excluding hydrogens is 274 g/mol. The minimum atomic E-state index is -3.09. The van der Waals surface area contributed by atoms with Gasteiger partial charge in [-0.15, -0.1) is 0 Å². The molecule has 5 nitrogen and oxygen atoms in total. The Labute approximate surface area is 114 Å². The standard InChI is InChI=1S/C13H14F2O5/c1-2-19-12(18)9-5-3-8(4-6-11(16)17)7-10(9)20-13(14)15/h3,5,7,13H,2,4,6H2,1H3,(H,16,17). The van der Waals surface area contributed by atoms with E-state index in [-0.39, 0.29) is 30.8 Å². The zero-order valence-electron chi connectivity index (χ0n) is 10.8. The van der Waals surface area contributed by atoms with Gasteiger partial charge in [-0.2, -0.15) is 8.78 Å². The Morgan fingerprint density at radius 2 is 2.05 bits per heavy atom. The summed E-state index contributed by atoms with van der Waals surface area (Å²) in [6, 6.07) is 3.99. The van der Waals surface area contributed by atoms with E-state index in [2.05, 4.69) is 4.74 Å². The highest BCUT2D eigenvalue weighted by Gasteiger charge is 2.17. The van der Waals surface area contributed by atoms with E-state index in [1.807, 2.05) is 0 Å². The Morgan fingerprint density at radius 3 is 2.60 bits per heavy atom. The second-order valence-corrected chi connectivity index (χ2v) is 3.82. The lowest BCUT2D eigenvalue weighted by Crippen LogP contribution is -2.11. The number of ether oxygens (including phenoxy) is 2. The quantitative estimate of drug-likeness (QED) is 0.780. The summed E-state index contributed by atoms with van der Waals surface area (Å²) < 4.78 is 33.7. The van der Waals surface area contributed by atoms with Crippen LogP contribution in [0.15, 0.2) is 18.2 Å². The third kappa shape index (κ3) is 4.83. The highest BCUT2D eigenvalue weighted by atomic mass is 19.3. The highest BCUT2D eigenvalue weighted by molar-refractivity contribution is 5.92. The molecule has 0 bridgehead atoms. The minimum Gasteiger partial charge on any atom is -0.481 e. The molecule has 0 fully saturated rings. The second kappa shape index (κ2) is 7.42. The minimum absolute atomic E-state index is 0.105. The summed E-state index contributed by atoms with van der Waals surface area (Å²) in [5.41, 5.74) is 0.363. The number of alkyl halides is 2. The predicted molar refractivity (Wildman–Crippen MR) is 65.0 cm³/mol. The van der Waals surface area contributed by atoms with Crippen molar-refractivity contribution in [3.8, 4) is 5.75 Å². The van der Waals surface area contributed by atoms with Gasteiger partial charge < -0.3 is 14.6 Å². The third-order valence-corrected chi connectivity index (χ3v) is 2.38. The number of carbonyl (C=O) groups excluding carboxylic acids is 1. The van der Waals surface area contributed by atoms with Gasteiger partial charge in [-0.1, -0.05) is 6.07 Å². The Kier molecular flexibility index (Phi) is 5.89. The van der Waals surface area contributed by atoms with E-state index in [4.69, 9.17) is 9.84 Å². The van der Waals surface area contributed by atoms with Crippen molar-refractivity contribution < 1.29 is 33.0 Å². The van der Waals surface area contributed by atoms with Crippen LogP contribution in [0.4, 0.5) is 8.78 Å². The number of hydrogen-bond donors (Lipinski definition) is 1. The molecule has 1 rings (SSSR count). The zero-order chi connectivity index (χ0) is 15.1. The molecule has 0 unspecified atom stereocenters. The summed E-state index contributed by atoms with van der Waals surface area (Å²) in [6.07, 6.45) is 0.00487. The van der Waals surface area contributed by atoms with Gasteiger partial charge in [0.25, 0.3) is 0 Å². The zero-order valence-corrected chi connectivity index (χ0v) is 10.8. The Hall–Kier alpha value is -2.18. The maximum Gasteiger partial charge on any atom is 0.387 e. The number of benzene rings is 1. The molecule has 0 aliphatic heterocycles. The van der Waals surface area contributed by atoms with E-state index in [9.17, 15) is 18.4 Å². The fourth-order valence-electron chi connectivity index (χ4n) is 1.54. The smallest absolute Gasteiger partial charge is 0.387 e. The monoisotopic (exact) mass is 288 g/mol. The van der Waals surface area contributed by atoms with E-state index in [1.165, 1.54) is 18.2 Å². The number of aryl methyl sites for hydroxylation is 1. The molecule has 0 saturated carbocycles. The van der Waals surface area contributed by atoms with Crippen LogP contribution < -0.4 is 4.74 Å². The fourth-order valence-corrected chi connectivity index (χ4v) is 1.54. The van der Waals surface area contributed by atoms with Crippen LogP contribution in [-0.2, 0) is 16.0 Å². The Morgan fingerprint density at radius 1 is 1.35 bits per heavy atom. The first-order valence-corrected chi connectivity index (χ1v) is 5.90. The average Bonchev–Trinajstić information content (AvgIpc) is 2.36. The first kappa shape index (κ1) is 15.9. The van der Waals surface area contributed by atoms with Gasteiger partial charge in [-0.3, -0.25) is 4.79 Å². The molecule has 20 heavy (non-hydrogen) atoms. The van der Waals surface area contributed by atoms with Gasteiger partial charge in [-0.25, -0.2) is 4.79 Å². The number of hydrogen-bond acceptors (Lipinski definition) is 4. The number of esters is 1. The first-order chi connectivity index (χ1) is 9.43. The maximum atomic E-state index is 12.3. The average molecular weight is 288 g/mol. The lowest BCUT2D eigenvalue weighted by atomic mass is 10.1. The number of rotatable bonds is 7. The van der Waals surface area contributed by atoms with Gasteiger partial charge >= 0.3 is 18.6 Å². The van der Waals surface area contributed by atoms with Gasteiger partial charge in [0.05, 0.1) is 6.61 Å². The van der Waals surface area contributed by atoms with E-state index in [0.29, 0.717) is 5.56 Å². The molecule has 0 heterocycles. The molecule has 0 aliphatic carbocycles. The van der Waals surface area contributed by atoms with Gasteiger partial charge in [-0.05, 0) is 31.0 Å². The van der Waals surface area contributed by atoms with Crippen LogP contribution in [0.1, 0.15) is 29.3 Å². The van der Waals surface area contributed by atoms with Gasteiger partial charge in [0, 0.05) is 6.42 Å². The van der Waals surface area contributed by atoms with Gasteiger partial charge in [0.2, 0.25) is 0 Å². The summed E-state index contributed by atoms with van der Waals surface area (Å²) in [4.78, 5) is 22.1. The van der Waals surface area contributed by atoms with Crippen LogP contribution in [0.2, 0.25) is 0 Å². The van der Waals surface area contributed by atoms with Crippen LogP contribution >= 0.6 is 0 Å². The molecule has 0 aromatic heterocycles. The number of carbonyl (C=O) groups is 2. The normalized spacial score (nSPS) is 10.4. The maximum absolute atomic E-state index is 12.3. The van der Waals surface area contributed by atoms with Crippen LogP contribution in [0.25, 0.3) is 0 Å². The molecule has 1 aromatic rings. The third-order valence-electron chi connectivity index (χ3n) is 2.38. The first-order valence-electron chi connectivity index (χ1n) is 5.90. The van der Waals surface area contributed by atoms with E-state index < -0.39 is 18.6 Å². The molecule has 1 N–H and O–H groups in total.